The maximum absolute atomic E-state index is 12.9. The summed E-state index contributed by atoms with van der Waals surface area (Å²) in [5.74, 6) is 0.266. The number of carbonyl (C=O) groups excluding carboxylic acids is 1. The quantitative estimate of drug-likeness (QED) is 0.722. The summed E-state index contributed by atoms with van der Waals surface area (Å²) < 4.78 is 3.30. The summed E-state index contributed by atoms with van der Waals surface area (Å²) in [6.07, 6.45) is 0. The van der Waals surface area contributed by atoms with Crippen LogP contribution in [0.2, 0.25) is 0 Å². The first-order valence-corrected chi connectivity index (χ1v) is 9.79. The first-order chi connectivity index (χ1) is 11.9. The fraction of sp³-hybridized carbons (Fsp3) is 0.450. The summed E-state index contributed by atoms with van der Waals surface area (Å²) in [4.78, 5) is 15.9. The number of likely N-dealkylation sites (N-methyl/N-ethyl adjacent to an activating group) is 1. The molecule has 0 unspecified atom stereocenters. The average Bonchev–Trinajstić information content (AvgIpc) is 2.87. The third-order valence-corrected chi connectivity index (χ3v) is 6.24. The molecule has 2 aromatic rings. The number of piperazine rings is 1. The van der Waals surface area contributed by atoms with Gasteiger partial charge in [0.2, 0.25) is 5.78 Å². The van der Waals surface area contributed by atoms with E-state index in [1.54, 1.807) is 4.90 Å². The van der Waals surface area contributed by atoms with Gasteiger partial charge in [0.25, 0.3) is 0 Å². The van der Waals surface area contributed by atoms with Crippen LogP contribution in [0.15, 0.2) is 28.7 Å². The standard InChI is InChI=1S/C20H26BrN3O/c1-14-11-17(5-6-19(14)21)24-15(2)12-18(16(24)3)20(25)13-23-9-7-22(4)8-10-23/h5-6,11-12H,7-10,13H2,1-4H3/p+2. The van der Waals surface area contributed by atoms with Crippen molar-refractivity contribution in [1.29, 1.82) is 0 Å². The molecular weight excluding hydrogens is 378 g/mol. The van der Waals surface area contributed by atoms with Crippen LogP contribution in [0, 0.1) is 20.8 Å². The summed E-state index contributed by atoms with van der Waals surface area (Å²) in [5, 5.41) is 0. The van der Waals surface area contributed by atoms with Crippen LogP contribution >= 0.6 is 15.9 Å². The van der Waals surface area contributed by atoms with E-state index in [0.29, 0.717) is 6.54 Å². The number of Topliss-reactive ketones (excluding diaryl/α,β-unsaturated/α-hetero) is 1. The Morgan fingerprint density at radius 1 is 1.12 bits per heavy atom. The van der Waals surface area contributed by atoms with Crippen LogP contribution < -0.4 is 9.80 Å². The zero-order valence-corrected chi connectivity index (χ0v) is 17.2. The van der Waals surface area contributed by atoms with Crippen molar-refractivity contribution in [3.63, 3.8) is 0 Å². The molecule has 0 bridgehead atoms. The molecule has 4 nitrogen and oxygen atoms in total. The van der Waals surface area contributed by atoms with Gasteiger partial charge in [-0.15, -0.1) is 0 Å². The first kappa shape index (κ1) is 18.4. The molecule has 1 fully saturated rings. The Morgan fingerprint density at radius 3 is 2.44 bits per heavy atom. The summed E-state index contributed by atoms with van der Waals surface area (Å²) in [5.41, 5.74) is 5.34. The highest BCUT2D eigenvalue weighted by molar-refractivity contribution is 9.10. The van der Waals surface area contributed by atoms with Crippen LogP contribution in [-0.2, 0) is 0 Å². The first-order valence-electron chi connectivity index (χ1n) is 9.00. The van der Waals surface area contributed by atoms with Crippen molar-refractivity contribution < 1.29 is 14.6 Å². The normalized spacial score (nSPS) is 20.7. The largest absolute Gasteiger partial charge is 0.328 e. The molecule has 2 heterocycles. The molecule has 0 aliphatic carbocycles. The predicted molar refractivity (Wildman–Crippen MR) is 104 cm³/mol. The van der Waals surface area contributed by atoms with E-state index in [4.69, 9.17) is 0 Å². The topological polar surface area (TPSA) is 30.9 Å². The molecule has 1 aromatic carbocycles. The van der Waals surface area contributed by atoms with Crippen molar-refractivity contribution in [3.8, 4) is 5.69 Å². The molecular formula is C20H28BrN3O+2. The molecule has 0 amide bonds. The highest BCUT2D eigenvalue weighted by Crippen LogP contribution is 2.24. The molecule has 1 aromatic heterocycles. The fourth-order valence-corrected chi connectivity index (χ4v) is 3.99. The van der Waals surface area contributed by atoms with Crippen molar-refractivity contribution >= 4 is 21.7 Å². The van der Waals surface area contributed by atoms with Crippen molar-refractivity contribution in [3.05, 3.63) is 51.3 Å². The third-order valence-electron chi connectivity index (χ3n) is 5.35. The Bertz CT molecular complexity index is 788. The lowest BCUT2D eigenvalue weighted by Gasteiger charge is -2.26. The molecule has 134 valence electrons. The highest BCUT2D eigenvalue weighted by Gasteiger charge is 2.25. The molecule has 0 spiro atoms. The molecule has 2 N–H and O–H groups in total. The number of nitrogens with one attached hydrogen (secondary N) is 2. The lowest BCUT2D eigenvalue weighted by Crippen LogP contribution is -3.27. The monoisotopic (exact) mass is 405 g/mol. The number of nitrogens with zero attached hydrogens (tertiary/aromatic N) is 1. The summed E-state index contributed by atoms with van der Waals surface area (Å²) >= 11 is 3.56. The van der Waals surface area contributed by atoms with Crippen LogP contribution in [0.3, 0.4) is 0 Å². The van der Waals surface area contributed by atoms with Gasteiger partial charge in [-0.3, -0.25) is 4.79 Å². The Labute approximate surface area is 158 Å². The number of ketones is 1. The Balaban J connectivity index is 1.83. The van der Waals surface area contributed by atoms with Gasteiger partial charge in [-0.1, -0.05) is 15.9 Å². The van der Waals surface area contributed by atoms with E-state index in [1.165, 1.54) is 10.5 Å². The van der Waals surface area contributed by atoms with Gasteiger partial charge in [0.1, 0.15) is 32.7 Å². The number of aryl methyl sites for hydroxylation is 2. The van der Waals surface area contributed by atoms with Crippen molar-refractivity contribution in [2.75, 3.05) is 39.8 Å². The lowest BCUT2D eigenvalue weighted by molar-refractivity contribution is -0.999. The number of carbonyl (C=O) groups is 1. The summed E-state index contributed by atoms with van der Waals surface area (Å²) in [6.45, 7) is 11.3. The van der Waals surface area contributed by atoms with Crippen LogP contribution in [0.4, 0.5) is 0 Å². The summed E-state index contributed by atoms with van der Waals surface area (Å²) in [7, 11) is 2.23. The van der Waals surface area contributed by atoms with E-state index in [9.17, 15) is 4.79 Å². The summed E-state index contributed by atoms with van der Waals surface area (Å²) in [6, 6.07) is 8.38. The number of hydrogen-bond donors (Lipinski definition) is 2. The van der Waals surface area contributed by atoms with Crippen LogP contribution in [0.25, 0.3) is 5.69 Å². The third kappa shape index (κ3) is 3.89. The van der Waals surface area contributed by atoms with Gasteiger partial charge < -0.3 is 14.4 Å². The smallest absolute Gasteiger partial charge is 0.218 e. The number of aromatic nitrogens is 1. The number of rotatable bonds is 4. The Kier molecular flexibility index (Phi) is 5.46. The molecule has 1 aliphatic rings. The van der Waals surface area contributed by atoms with Crippen LogP contribution in [0.1, 0.15) is 27.3 Å². The molecule has 1 saturated heterocycles. The molecule has 0 atom stereocenters. The number of benzene rings is 1. The molecule has 1 aliphatic heterocycles. The number of quaternary nitrogens is 2. The Morgan fingerprint density at radius 2 is 1.80 bits per heavy atom. The van der Waals surface area contributed by atoms with Crippen molar-refractivity contribution in [2.45, 2.75) is 20.8 Å². The fourth-order valence-electron chi connectivity index (χ4n) is 3.74. The van der Waals surface area contributed by atoms with Gasteiger partial charge in [-0.2, -0.15) is 0 Å². The maximum atomic E-state index is 12.9. The SMILES string of the molecule is Cc1cc(-n2c(C)cc(C(=O)C[NH+]3CC[NH+](C)CC3)c2C)ccc1Br. The van der Waals surface area contributed by atoms with E-state index < -0.39 is 0 Å². The number of halogens is 1. The number of hydrogen-bond acceptors (Lipinski definition) is 1. The van der Waals surface area contributed by atoms with E-state index in [1.807, 2.05) is 0 Å². The van der Waals surface area contributed by atoms with E-state index in [2.05, 4.69) is 72.6 Å². The maximum Gasteiger partial charge on any atom is 0.218 e. The second kappa shape index (κ2) is 7.44. The molecule has 0 saturated carbocycles. The van der Waals surface area contributed by atoms with Gasteiger partial charge in [0.05, 0.1) is 7.05 Å². The minimum absolute atomic E-state index is 0.266. The van der Waals surface area contributed by atoms with E-state index >= 15 is 0 Å². The van der Waals surface area contributed by atoms with E-state index in [0.717, 1.165) is 53.3 Å². The highest BCUT2D eigenvalue weighted by atomic mass is 79.9. The van der Waals surface area contributed by atoms with Gasteiger partial charge in [0, 0.05) is 27.1 Å². The lowest BCUT2D eigenvalue weighted by atomic mass is 10.1. The van der Waals surface area contributed by atoms with Crippen LogP contribution in [-0.4, -0.2) is 50.1 Å². The molecule has 0 radical (unpaired) electrons. The van der Waals surface area contributed by atoms with Crippen LogP contribution in [0.5, 0.6) is 0 Å². The van der Waals surface area contributed by atoms with E-state index in [-0.39, 0.29) is 5.78 Å². The zero-order chi connectivity index (χ0) is 18.1. The van der Waals surface area contributed by atoms with Gasteiger partial charge in [-0.25, -0.2) is 0 Å². The van der Waals surface area contributed by atoms with Gasteiger partial charge in [0.15, 0.2) is 0 Å². The Hall–Kier alpha value is -1.43. The van der Waals surface area contributed by atoms with Crippen molar-refractivity contribution in [1.82, 2.24) is 4.57 Å². The zero-order valence-electron chi connectivity index (χ0n) is 15.6. The van der Waals surface area contributed by atoms with Crippen molar-refractivity contribution in [2.24, 2.45) is 0 Å². The second-order valence-electron chi connectivity index (χ2n) is 7.36. The molecule has 3 rings (SSSR count). The minimum Gasteiger partial charge on any atom is -0.328 e. The second-order valence-corrected chi connectivity index (χ2v) is 8.22. The molecule has 5 heteroatoms. The van der Waals surface area contributed by atoms with Gasteiger partial charge >= 0.3 is 0 Å². The van der Waals surface area contributed by atoms with Gasteiger partial charge in [-0.05, 0) is 50.6 Å². The molecule has 25 heavy (non-hydrogen) atoms. The average molecular weight is 406 g/mol. The predicted octanol–water partition coefficient (Wildman–Crippen LogP) is 0.761. The minimum atomic E-state index is 0.266.